The Balaban J connectivity index is 1.91. The normalized spacial score (nSPS) is 11.8. The van der Waals surface area contributed by atoms with Crippen LogP contribution in [0.3, 0.4) is 0 Å². The third-order valence-corrected chi connectivity index (χ3v) is 5.13. The number of aryl methyl sites for hydroxylation is 2. The van der Waals surface area contributed by atoms with Gasteiger partial charge in [-0.15, -0.1) is 0 Å². The van der Waals surface area contributed by atoms with Gasteiger partial charge in [0.15, 0.2) is 13.1 Å². The van der Waals surface area contributed by atoms with Gasteiger partial charge in [-0.1, -0.05) is 48.9 Å². The molecule has 29 heavy (non-hydrogen) atoms. The second-order valence-corrected chi connectivity index (χ2v) is 7.91. The van der Waals surface area contributed by atoms with Gasteiger partial charge in [0.25, 0.3) is 11.8 Å². The van der Waals surface area contributed by atoms with Crippen LogP contribution in [-0.2, 0) is 16.1 Å². The average molecular weight is 397 g/mol. The fourth-order valence-electron chi connectivity index (χ4n) is 3.26. The predicted octanol–water partition coefficient (Wildman–Crippen LogP) is 2.50. The van der Waals surface area contributed by atoms with Crippen molar-refractivity contribution in [3.8, 4) is 0 Å². The topological polar surface area (TPSA) is 53.9 Å². The zero-order chi connectivity index (χ0) is 21.4. The van der Waals surface area contributed by atoms with E-state index in [9.17, 15) is 9.59 Å². The molecular weight excluding hydrogens is 362 g/mol. The van der Waals surface area contributed by atoms with Crippen LogP contribution in [0.25, 0.3) is 0 Å². The number of rotatable bonds is 9. The summed E-state index contributed by atoms with van der Waals surface area (Å²) in [5.74, 6) is -0.00552. The molecule has 2 aromatic rings. The molecular formula is C24H34N3O2+. The number of amides is 2. The van der Waals surface area contributed by atoms with Crippen LogP contribution in [0, 0.1) is 20.8 Å². The van der Waals surface area contributed by atoms with E-state index >= 15 is 0 Å². The fourth-order valence-corrected chi connectivity index (χ4v) is 3.26. The van der Waals surface area contributed by atoms with E-state index in [0.29, 0.717) is 19.6 Å². The molecule has 2 aromatic carbocycles. The number of carbonyl (C=O) groups is 2. The van der Waals surface area contributed by atoms with Crippen molar-refractivity contribution in [3.63, 3.8) is 0 Å². The summed E-state index contributed by atoms with van der Waals surface area (Å²) in [7, 11) is 1.89. The van der Waals surface area contributed by atoms with Gasteiger partial charge >= 0.3 is 0 Å². The summed E-state index contributed by atoms with van der Waals surface area (Å²) in [4.78, 5) is 28.0. The summed E-state index contributed by atoms with van der Waals surface area (Å²) in [5, 5.41) is 2.97. The highest BCUT2D eigenvalue weighted by Gasteiger charge is 2.20. The molecule has 0 aliphatic rings. The van der Waals surface area contributed by atoms with Crippen LogP contribution in [0.2, 0.25) is 0 Å². The van der Waals surface area contributed by atoms with E-state index in [4.69, 9.17) is 0 Å². The zero-order valence-corrected chi connectivity index (χ0v) is 18.3. The average Bonchev–Trinajstić information content (AvgIpc) is 2.66. The minimum absolute atomic E-state index is 0.0736. The molecule has 5 heteroatoms. The Morgan fingerprint density at radius 1 is 1.00 bits per heavy atom. The molecule has 0 radical (unpaired) electrons. The summed E-state index contributed by atoms with van der Waals surface area (Å²) in [6.07, 6.45) is 0.907. The van der Waals surface area contributed by atoms with Crippen LogP contribution < -0.4 is 10.2 Å². The van der Waals surface area contributed by atoms with Gasteiger partial charge in [0.05, 0.1) is 7.05 Å². The van der Waals surface area contributed by atoms with E-state index < -0.39 is 0 Å². The molecule has 0 aliphatic heterocycles. The lowest BCUT2D eigenvalue weighted by Crippen LogP contribution is -3.11. The maximum absolute atomic E-state index is 12.8. The Labute approximate surface area is 174 Å². The van der Waals surface area contributed by atoms with E-state index in [1.165, 1.54) is 5.56 Å². The van der Waals surface area contributed by atoms with E-state index in [2.05, 4.69) is 43.4 Å². The minimum Gasteiger partial charge on any atom is -0.333 e. The lowest BCUT2D eigenvalue weighted by atomic mass is 10.1. The summed E-state index contributed by atoms with van der Waals surface area (Å²) in [5.41, 5.74) is 5.39. The van der Waals surface area contributed by atoms with Crippen molar-refractivity contribution < 1.29 is 14.5 Å². The highest BCUT2D eigenvalue weighted by atomic mass is 16.2. The van der Waals surface area contributed by atoms with Crippen LogP contribution in [0.5, 0.6) is 0 Å². The first-order valence-corrected chi connectivity index (χ1v) is 10.3. The molecule has 0 bridgehead atoms. The first-order valence-electron chi connectivity index (χ1n) is 10.3. The SMILES string of the molecule is CCCN(Cc1ccc(C)cc1)C(=O)C[NH+](C)CC(=O)Nc1cccc(C)c1C. The van der Waals surface area contributed by atoms with Crippen molar-refractivity contribution in [1.29, 1.82) is 0 Å². The maximum Gasteiger partial charge on any atom is 0.279 e. The molecule has 0 aliphatic carbocycles. The van der Waals surface area contributed by atoms with Crippen LogP contribution in [0.15, 0.2) is 42.5 Å². The minimum atomic E-state index is -0.0791. The number of anilines is 1. The Hall–Kier alpha value is -2.66. The monoisotopic (exact) mass is 396 g/mol. The Morgan fingerprint density at radius 2 is 1.69 bits per heavy atom. The molecule has 0 fully saturated rings. The van der Waals surface area contributed by atoms with Crippen molar-refractivity contribution >= 4 is 17.5 Å². The largest absolute Gasteiger partial charge is 0.333 e. The standard InChI is InChI=1S/C24H33N3O2/c1-6-14-27(15-21-12-10-18(2)11-13-21)24(29)17-26(5)16-23(28)25-22-9-7-8-19(3)20(22)4/h7-13H,6,14-17H2,1-5H3,(H,25,28)/p+1. The van der Waals surface area contributed by atoms with Gasteiger partial charge in [-0.3, -0.25) is 9.59 Å². The number of benzene rings is 2. The Bertz CT molecular complexity index is 831. The number of hydrogen-bond acceptors (Lipinski definition) is 2. The van der Waals surface area contributed by atoms with Crippen molar-refractivity contribution in [2.24, 2.45) is 0 Å². The zero-order valence-electron chi connectivity index (χ0n) is 18.3. The maximum atomic E-state index is 12.8. The highest BCUT2D eigenvalue weighted by Crippen LogP contribution is 2.17. The van der Waals surface area contributed by atoms with Crippen LogP contribution in [0.1, 0.15) is 35.6 Å². The molecule has 0 heterocycles. The Morgan fingerprint density at radius 3 is 2.34 bits per heavy atom. The molecule has 2 N–H and O–H groups in total. The predicted molar refractivity (Wildman–Crippen MR) is 118 cm³/mol. The lowest BCUT2D eigenvalue weighted by molar-refractivity contribution is -0.862. The smallest absolute Gasteiger partial charge is 0.279 e. The van der Waals surface area contributed by atoms with Gasteiger partial charge in [-0.05, 0) is 49.9 Å². The third-order valence-electron chi connectivity index (χ3n) is 5.13. The third kappa shape index (κ3) is 7.02. The number of carbonyl (C=O) groups excluding carboxylic acids is 2. The van der Waals surface area contributed by atoms with Gasteiger partial charge in [0, 0.05) is 18.8 Å². The summed E-state index contributed by atoms with van der Waals surface area (Å²) in [6.45, 7) is 10.0. The molecule has 156 valence electrons. The van der Waals surface area contributed by atoms with E-state index in [1.54, 1.807) is 0 Å². The first-order chi connectivity index (χ1) is 13.8. The van der Waals surface area contributed by atoms with Crippen molar-refractivity contribution in [2.75, 3.05) is 32.0 Å². The molecule has 5 nitrogen and oxygen atoms in total. The van der Waals surface area contributed by atoms with Gasteiger partial charge in [-0.25, -0.2) is 0 Å². The van der Waals surface area contributed by atoms with Crippen LogP contribution in [-0.4, -0.2) is 43.4 Å². The number of quaternary nitrogens is 1. The second kappa shape index (κ2) is 10.8. The van der Waals surface area contributed by atoms with E-state index in [-0.39, 0.29) is 18.4 Å². The highest BCUT2D eigenvalue weighted by molar-refractivity contribution is 5.92. The van der Waals surface area contributed by atoms with Crippen LogP contribution >= 0.6 is 0 Å². The van der Waals surface area contributed by atoms with E-state index in [0.717, 1.165) is 33.7 Å². The van der Waals surface area contributed by atoms with Gasteiger partial charge < -0.3 is 15.1 Å². The lowest BCUT2D eigenvalue weighted by Gasteiger charge is -2.24. The van der Waals surface area contributed by atoms with Gasteiger partial charge in [0.1, 0.15) is 0 Å². The van der Waals surface area contributed by atoms with E-state index in [1.807, 2.05) is 44.0 Å². The summed E-state index contributed by atoms with van der Waals surface area (Å²) >= 11 is 0. The van der Waals surface area contributed by atoms with Crippen LogP contribution in [0.4, 0.5) is 5.69 Å². The summed E-state index contributed by atoms with van der Waals surface area (Å²) in [6, 6.07) is 14.1. The molecule has 0 saturated carbocycles. The number of nitrogens with zero attached hydrogens (tertiary/aromatic N) is 1. The molecule has 1 atom stereocenters. The molecule has 0 saturated heterocycles. The van der Waals surface area contributed by atoms with Crippen molar-refractivity contribution in [1.82, 2.24) is 4.90 Å². The number of likely N-dealkylation sites (N-methyl/N-ethyl adjacent to an activating group) is 1. The second-order valence-electron chi connectivity index (χ2n) is 7.91. The van der Waals surface area contributed by atoms with Gasteiger partial charge in [0.2, 0.25) is 0 Å². The number of nitrogens with one attached hydrogen (secondary N) is 2. The quantitative estimate of drug-likeness (QED) is 0.684. The molecule has 1 unspecified atom stereocenters. The number of hydrogen-bond donors (Lipinski definition) is 2. The van der Waals surface area contributed by atoms with Crippen molar-refractivity contribution in [2.45, 2.75) is 40.7 Å². The molecule has 0 aromatic heterocycles. The van der Waals surface area contributed by atoms with Gasteiger partial charge in [-0.2, -0.15) is 0 Å². The molecule has 2 rings (SSSR count). The van der Waals surface area contributed by atoms with Crippen molar-refractivity contribution in [3.05, 3.63) is 64.7 Å². The summed E-state index contributed by atoms with van der Waals surface area (Å²) < 4.78 is 0. The molecule has 2 amide bonds. The molecule has 0 spiro atoms. The Kier molecular flexibility index (Phi) is 8.40. The first kappa shape index (κ1) is 22.6. The fraction of sp³-hybridized carbons (Fsp3) is 0.417.